The van der Waals surface area contributed by atoms with E-state index in [1.807, 2.05) is 23.9 Å². The first-order valence-corrected chi connectivity index (χ1v) is 6.78. The van der Waals surface area contributed by atoms with Crippen LogP contribution < -0.4 is 4.90 Å². The molecule has 4 heteroatoms. The Morgan fingerprint density at radius 3 is 2.88 bits per heavy atom. The normalized spacial score (nSPS) is 22.1. The van der Waals surface area contributed by atoms with Gasteiger partial charge in [0, 0.05) is 25.0 Å². The maximum Gasteiger partial charge on any atom is 0.128 e. The van der Waals surface area contributed by atoms with Crippen LogP contribution in [-0.4, -0.2) is 34.7 Å². The highest BCUT2D eigenvalue weighted by atomic mass is 32.2. The molecule has 0 spiro atoms. The summed E-state index contributed by atoms with van der Waals surface area (Å²) in [6.07, 6.45) is 2.56. The molecule has 0 saturated carbocycles. The van der Waals surface area contributed by atoms with E-state index in [2.05, 4.69) is 16.9 Å². The van der Waals surface area contributed by atoms with Crippen LogP contribution in [0.4, 0.5) is 5.82 Å². The van der Waals surface area contributed by atoms with Gasteiger partial charge in [0.15, 0.2) is 0 Å². The first-order chi connectivity index (χ1) is 7.68. The van der Waals surface area contributed by atoms with Crippen molar-refractivity contribution in [2.75, 3.05) is 23.5 Å². The van der Waals surface area contributed by atoms with E-state index < -0.39 is 6.10 Å². The molecule has 16 heavy (non-hydrogen) atoms. The summed E-state index contributed by atoms with van der Waals surface area (Å²) in [4.78, 5) is 6.64. The maximum atomic E-state index is 9.41. The van der Waals surface area contributed by atoms with Gasteiger partial charge in [-0.15, -0.1) is 0 Å². The Morgan fingerprint density at radius 1 is 1.56 bits per heavy atom. The van der Waals surface area contributed by atoms with Crippen LogP contribution in [0.1, 0.15) is 25.0 Å². The smallest absolute Gasteiger partial charge is 0.128 e. The van der Waals surface area contributed by atoms with Gasteiger partial charge in [0.25, 0.3) is 0 Å². The first-order valence-electron chi connectivity index (χ1n) is 5.63. The third-order valence-electron chi connectivity index (χ3n) is 3.07. The fraction of sp³-hybridized carbons (Fsp3) is 0.583. The van der Waals surface area contributed by atoms with Crippen molar-refractivity contribution >= 4 is 17.6 Å². The van der Waals surface area contributed by atoms with Gasteiger partial charge in [-0.3, -0.25) is 0 Å². The third kappa shape index (κ3) is 2.50. The van der Waals surface area contributed by atoms with Crippen molar-refractivity contribution in [3.63, 3.8) is 0 Å². The average Bonchev–Trinajstić information content (AvgIpc) is 2.81. The monoisotopic (exact) mass is 238 g/mol. The zero-order chi connectivity index (χ0) is 11.5. The lowest BCUT2D eigenvalue weighted by Crippen LogP contribution is -2.31. The minimum absolute atomic E-state index is 0.436. The summed E-state index contributed by atoms with van der Waals surface area (Å²) in [6.45, 7) is 1.76. The second kappa shape index (κ2) is 5.06. The van der Waals surface area contributed by atoms with Crippen LogP contribution in [0.3, 0.4) is 0 Å². The molecule has 1 fully saturated rings. The number of aromatic nitrogens is 1. The van der Waals surface area contributed by atoms with E-state index in [0.29, 0.717) is 6.04 Å². The van der Waals surface area contributed by atoms with Crippen LogP contribution >= 0.6 is 11.8 Å². The summed E-state index contributed by atoms with van der Waals surface area (Å²) in [7, 11) is 2.10. The number of hydrogen-bond acceptors (Lipinski definition) is 4. The van der Waals surface area contributed by atoms with Crippen molar-refractivity contribution in [1.29, 1.82) is 0 Å². The van der Waals surface area contributed by atoms with E-state index in [9.17, 15) is 5.11 Å². The fourth-order valence-electron chi connectivity index (χ4n) is 1.87. The molecule has 0 aliphatic carbocycles. The van der Waals surface area contributed by atoms with E-state index in [-0.39, 0.29) is 0 Å². The van der Waals surface area contributed by atoms with Crippen molar-refractivity contribution in [3.8, 4) is 0 Å². The molecule has 2 atom stereocenters. The van der Waals surface area contributed by atoms with Crippen LogP contribution in [0.25, 0.3) is 0 Å². The van der Waals surface area contributed by atoms with Crippen LogP contribution in [0, 0.1) is 0 Å². The molecular weight excluding hydrogens is 220 g/mol. The molecule has 1 aromatic heterocycles. The lowest BCUT2D eigenvalue weighted by atomic mass is 10.2. The minimum atomic E-state index is -0.436. The summed E-state index contributed by atoms with van der Waals surface area (Å²) in [5.74, 6) is 3.44. The largest absolute Gasteiger partial charge is 0.389 e. The van der Waals surface area contributed by atoms with Crippen LogP contribution in [0.15, 0.2) is 18.3 Å². The topological polar surface area (TPSA) is 36.4 Å². The zero-order valence-electron chi connectivity index (χ0n) is 9.76. The van der Waals surface area contributed by atoms with E-state index in [1.165, 1.54) is 17.9 Å². The third-order valence-corrected chi connectivity index (χ3v) is 4.21. The minimum Gasteiger partial charge on any atom is -0.389 e. The summed E-state index contributed by atoms with van der Waals surface area (Å²) < 4.78 is 0. The second-order valence-corrected chi connectivity index (χ2v) is 5.40. The number of pyridine rings is 1. The number of rotatable bonds is 3. The Balaban J connectivity index is 2.08. The standard InChI is InChI=1S/C12H18N2OS/c1-9(15)10-3-4-12(13-7-10)14(2)11-5-6-16-8-11/h3-4,7,9,11,15H,5-6,8H2,1-2H3/t9-,11?/m1/s1. The number of thioether (sulfide) groups is 1. The highest BCUT2D eigenvalue weighted by molar-refractivity contribution is 7.99. The molecule has 0 bridgehead atoms. The highest BCUT2D eigenvalue weighted by Gasteiger charge is 2.20. The predicted octanol–water partition coefficient (Wildman–Crippen LogP) is 2.08. The van der Waals surface area contributed by atoms with E-state index in [4.69, 9.17) is 0 Å². The second-order valence-electron chi connectivity index (χ2n) is 4.25. The van der Waals surface area contributed by atoms with Crippen molar-refractivity contribution in [2.45, 2.75) is 25.5 Å². The van der Waals surface area contributed by atoms with E-state index >= 15 is 0 Å². The van der Waals surface area contributed by atoms with Gasteiger partial charge in [-0.25, -0.2) is 4.98 Å². The Morgan fingerprint density at radius 2 is 2.38 bits per heavy atom. The van der Waals surface area contributed by atoms with Crippen LogP contribution in [0.2, 0.25) is 0 Å². The van der Waals surface area contributed by atoms with Crippen molar-refractivity contribution < 1.29 is 5.11 Å². The summed E-state index contributed by atoms with van der Waals surface area (Å²) in [6, 6.07) is 4.55. The predicted molar refractivity (Wildman–Crippen MR) is 69.0 cm³/mol. The Kier molecular flexibility index (Phi) is 3.71. The molecule has 1 aliphatic rings. The number of anilines is 1. The molecule has 0 radical (unpaired) electrons. The summed E-state index contributed by atoms with van der Waals surface area (Å²) in [5.41, 5.74) is 0.873. The number of aliphatic hydroxyl groups excluding tert-OH is 1. The number of nitrogens with zero attached hydrogens (tertiary/aromatic N) is 2. The van der Waals surface area contributed by atoms with Gasteiger partial charge in [0.1, 0.15) is 5.82 Å². The fourth-order valence-corrected chi connectivity index (χ4v) is 3.14. The maximum absolute atomic E-state index is 9.41. The molecular formula is C12H18N2OS. The van der Waals surface area contributed by atoms with E-state index in [0.717, 1.165) is 11.4 Å². The molecule has 3 nitrogen and oxygen atoms in total. The zero-order valence-corrected chi connectivity index (χ0v) is 10.6. The van der Waals surface area contributed by atoms with Gasteiger partial charge in [0.05, 0.1) is 6.10 Å². The van der Waals surface area contributed by atoms with Crippen molar-refractivity contribution in [3.05, 3.63) is 23.9 Å². The van der Waals surface area contributed by atoms with Crippen LogP contribution in [-0.2, 0) is 0 Å². The molecule has 1 aromatic rings. The Hall–Kier alpha value is -0.740. The van der Waals surface area contributed by atoms with Crippen molar-refractivity contribution in [1.82, 2.24) is 4.98 Å². The molecule has 1 saturated heterocycles. The summed E-state index contributed by atoms with van der Waals surface area (Å²) in [5, 5.41) is 9.41. The SMILES string of the molecule is C[C@@H](O)c1ccc(N(C)C2CCSC2)nc1. The molecule has 2 rings (SSSR count). The highest BCUT2D eigenvalue weighted by Crippen LogP contribution is 2.25. The lowest BCUT2D eigenvalue weighted by Gasteiger charge is -2.25. The molecule has 88 valence electrons. The molecule has 2 heterocycles. The molecule has 0 amide bonds. The Bertz CT molecular complexity index is 333. The number of hydrogen-bond donors (Lipinski definition) is 1. The molecule has 1 unspecified atom stereocenters. The van der Waals surface area contributed by atoms with Crippen LogP contribution in [0.5, 0.6) is 0 Å². The molecule has 0 aromatic carbocycles. The van der Waals surface area contributed by atoms with Gasteiger partial charge < -0.3 is 10.0 Å². The average molecular weight is 238 g/mol. The van der Waals surface area contributed by atoms with Gasteiger partial charge in [-0.2, -0.15) is 11.8 Å². The molecule has 1 aliphatic heterocycles. The van der Waals surface area contributed by atoms with Crippen molar-refractivity contribution in [2.24, 2.45) is 0 Å². The van der Waals surface area contributed by atoms with Gasteiger partial charge in [0.2, 0.25) is 0 Å². The Labute approximate surface area is 101 Å². The van der Waals surface area contributed by atoms with E-state index in [1.54, 1.807) is 13.1 Å². The molecule has 1 N–H and O–H groups in total. The quantitative estimate of drug-likeness (QED) is 0.874. The number of aliphatic hydroxyl groups is 1. The first kappa shape index (κ1) is 11.7. The van der Waals surface area contributed by atoms with Gasteiger partial charge in [-0.05, 0) is 30.7 Å². The van der Waals surface area contributed by atoms with Gasteiger partial charge in [-0.1, -0.05) is 6.07 Å². The van der Waals surface area contributed by atoms with Gasteiger partial charge >= 0.3 is 0 Å². The summed E-state index contributed by atoms with van der Waals surface area (Å²) >= 11 is 2.00. The lowest BCUT2D eigenvalue weighted by molar-refractivity contribution is 0.199.